The summed E-state index contributed by atoms with van der Waals surface area (Å²) >= 11 is 1.00. The number of halogens is 6. The number of hydrogen-bond donors (Lipinski definition) is 1. The van der Waals surface area contributed by atoms with E-state index in [-0.39, 0.29) is 47.3 Å². The first-order chi connectivity index (χ1) is 18.4. The number of carbonyl (C=O) groups excluding carboxylic acids is 1. The molecule has 3 aromatic rings. The highest BCUT2D eigenvalue weighted by molar-refractivity contribution is 7.13. The number of piperidine rings is 1. The first-order valence-electron chi connectivity index (χ1n) is 12.0. The van der Waals surface area contributed by atoms with Crippen LogP contribution in [0.5, 0.6) is 5.75 Å². The van der Waals surface area contributed by atoms with E-state index >= 15 is 0 Å². The molecule has 0 radical (unpaired) electrons. The summed E-state index contributed by atoms with van der Waals surface area (Å²) in [5, 5.41) is 12.1. The Labute approximate surface area is 227 Å². The Morgan fingerprint density at radius 3 is 2.30 bits per heavy atom. The van der Waals surface area contributed by atoms with E-state index in [1.165, 1.54) is 11.6 Å². The molecular formula is C24H24F6N4O5S. The van der Waals surface area contributed by atoms with Crippen LogP contribution in [0.2, 0.25) is 0 Å². The number of alkyl halides is 6. The number of nitrogens with zero attached hydrogens (tertiary/aromatic N) is 4. The molecule has 3 atom stereocenters. The van der Waals surface area contributed by atoms with Crippen molar-refractivity contribution in [3.8, 4) is 16.3 Å². The normalized spacial score (nSPS) is 21.3. The number of benzene rings is 1. The number of ether oxygens (including phenoxy) is 2. The molecule has 3 aliphatic heterocycles. The molecular weight excluding hydrogens is 570 g/mol. The summed E-state index contributed by atoms with van der Waals surface area (Å²) in [6, 6.07) is -0.0473. The van der Waals surface area contributed by atoms with Gasteiger partial charge in [0.25, 0.3) is 6.01 Å². The van der Waals surface area contributed by atoms with Gasteiger partial charge in [-0.15, -0.1) is 24.5 Å². The van der Waals surface area contributed by atoms with Crippen molar-refractivity contribution < 1.29 is 50.1 Å². The third-order valence-corrected chi connectivity index (χ3v) is 7.44. The van der Waals surface area contributed by atoms with Crippen LogP contribution in [0.25, 0.3) is 21.7 Å². The number of aromatic nitrogens is 2. The summed E-state index contributed by atoms with van der Waals surface area (Å²) in [5.41, 5.74) is -6.72. The van der Waals surface area contributed by atoms with E-state index < -0.39 is 46.7 Å². The maximum Gasteiger partial charge on any atom is 0.573 e. The topological polar surface area (TPSA) is 101 Å². The summed E-state index contributed by atoms with van der Waals surface area (Å²) in [4.78, 5) is 24.0. The van der Waals surface area contributed by atoms with Crippen molar-refractivity contribution in [2.75, 3.05) is 18.0 Å². The van der Waals surface area contributed by atoms with Crippen LogP contribution in [0, 0.1) is 0 Å². The highest BCUT2D eigenvalue weighted by Gasteiger charge is 2.55. The lowest BCUT2D eigenvalue weighted by Crippen LogP contribution is -2.70. The summed E-state index contributed by atoms with van der Waals surface area (Å²) in [6.45, 7) is 5.91. The smallest absolute Gasteiger partial charge is 0.444 e. The molecule has 40 heavy (non-hydrogen) atoms. The zero-order valence-corrected chi connectivity index (χ0v) is 22.4. The van der Waals surface area contributed by atoms with Gasteiger partial charge in [-0.25, -0.2) is 9.78 Å². The second-order valence-corrected chi connectivity index (χ2v) is 11.7. The molecule has 6 rings (SSSR count). The summed E-state index contributed by atoms with van der Waals surface area (Å²) in [5.74, 6) is -1.34. The molecule has 0 saturated carbocycles. The molecule has 16 heteroatoms. The minimum Gasteiger partial charge on any atom is -0.444 e. The number of carbonyl (C=O) groups is 1. The van der Waals surface area contributed by atoms with Crippen molar-refractivity contribution >= 4 is 34.5 Å². The van der Waals surface area contributed by atoms with Gasteiger partial charge in [-0.05, 0) is 40.2 Å². The number of piperazine rings is 1. The molecule has 1 N–H and O–H groups in total. The second kappa shape index (κ2) is 9.12. The van der Waals surface area contributed by atoms with Gasteiger partial charge in [-0.1, -0.05) is 0 Å². The average Bonchev–Trinajstić information content (AvgIpc) is 3.47. The molecule has 5 heterocycles. The number of thiazole rings is 1. The van der Waals surface area contributed by atoms with Crippen molar-refractivity contribution in [2.45, 2.75) is 69.9 Å². The highest BCUT2D eigenvalue weighted by Crippen LogP contribution is 2.50. The van der Waals surface area contributed by atoms with Gasteiger partial charge in [0, 0.05) is 30.2 Å². The standard InChI is InChI=1S/C24H24F6N4O5S/c1-21(2,3)39-20(35)34-11-7-12(34)10-33(9-11)19-32-15-16(37-19)13(18-31-5-6-40-18)8-14(17(15)38-24(28,29)30)22(4,36)23(25,26)27/h5-6,8,11-12,36H,7,9-10H2,1-4H3. The zero-order chi connectivity index (χ0) is 29.4. The van der Waals surface area contributed by atoms with Crippen molar-refractivity contribution in [2.24, 2.45) is 0 Å². The lowest BCUT2D eigenvalue weighted by molar-refractivity contribution is -0.280. The van der Waals surface area contributed by atoms with Gasteiger partial charge >= 0.3 is 18.6 Å². The summed E-state index contributed by atoms with van der Waals surface area (Å²) < 4.78 is 97.3. The average molecular weight is 595 g/mol. The van der Waals surface area contributed by atoms with Gasteiger partial charge in [0.15, 0.2) is 22.5 Å². The van der Waals surface area contributed by atoms with E-state index in [1.54, 1.807) is 30.6 Å². The predicted octanol–water partition coefficient (Wildman–Crippen LogP) is 5.82. The molecule has 3 aliphatic rings. The van der Waals surface area contributed by atoms with Crippen molar-refractivity contribution in [1.82, 2.24) is 14.9 Å². The van der Waals surface area contributed by atoms with E-state index in [2.05, 4.69) is 14.7 Å². The maximum absolute atomic E-state index is 13.9. The van der Waals surface area contributed by atoms with E-state index in [0.717, 1.165) is 17.4 Å². The van der Waals surface area contributed by atoms with Gasteiger partial charge in [-0.2, -0.15) is 18.2 Å². The molecule has 3 unspecified atom stereocenters. The Morgan fingerprint density at radius 2 is 1.77 bits per heavy atom. The molecule has 2 aromatic heterocycles. The fourth-order valence-electron chi connectivity index (χ4n) is 4.81. The van der Waals surface area contributed by atoms with Crippen LogP contribution in [-0.4, -0.2) is 69.4 Å². The third kappa shape index (κ3) is 5.02. The number of amides is 1. The van der Waals surface area contributed by atoms with Gasteiger partial charge < -0.3 is 23.9 Å². The fraction of sp³-hybridized carbons (Fsp3) is 0.542. The van der Waals surface area contributed by atoms with Gasteiger partial charge in [0.2, 0.25) is 0 Å². The molecule has 0 aliphatic carbocycles. The first kappa shape index (κ1) is 28.3. The number of fused-ring (bicyclic) bond motifs is 3. The Kier molecular flexibility index (Phi) is 6.45. The number of anilines is 1. The molecule has 9 nitrogen and oxygen atoms in total. The van der Waals surface area contributed by atoms with E-state index in [0.29, 0.717) is 13.3 Å². The molecule has 2 bridgehead atoms. The number of rotatable bonds is 4. The number of hydrogen-bond acceptors (Lipinski definition) is 9. The van der Waals surface area contributed by atoms with E-state index in [1.807, 2.05) is 0 Å². The Morgan fingerprint density at radius 1 is 1.12 bits per heavy atom. The minimum atomic E-state index is -5.41. The number of oxazole rings is 1. The Hall–Kier alpha value is -3.27. The van der Waals surface area contributed by atoms with Crippen LogP contribution >= 0.6 is 11.3 Å². The molecule has 0 spiro atoms. The maximum atomic E-state index is 13.9. The minimum absolute atomic E-state index is 0.102. The Bertz CT molecular complexity index is 1420. The molecule has 3 saturated heterocycles. The third-order valence-electron chi connectivity index (χ3n) is 6.63. The fourth-order valence-corrected chi connectivity index (χ4v) is 5.46. The van der Waals surface area contributed by atoms with Crippen LogP contribution in [-0.2, 0) is 10.3 Å². The van der Waals surface area contributed by atoms with Gasteiger partial charge in [-0.3, -0.25) is 4.90 Å². The van der Waals surface area contributed by atoms with Gasteiger partial charge in [0.05, 0.1) is 17.6 Å². The largest absolute Gasteiger partial charge is 0.573 e. The Balaban J connectivity index is 1.60. The van der Waals surface area contributed by atoms with E-state index in [9.17, 15) is 36.2 Å². The van der Waals surface area contributed by atoms with Crippen LogP contribution in [0.4, 0.5) is 37.2 Å². The molecule has 1 aromatic carbocycles. The van der Waals surface area contributed by atoms with Crippen LogP contribution in [0.15, 0.2) is 22.1 Å². The van der Waals surface area contributed by atoms with Crippen LogP contribution < -0.4 is 9.64 Å². The van der Waals surface area contributed by atoms with Gasteiger partial charge in [0.1, 0.15) is 10.6 Å². The lowest BCUT2D eigenvalue weighted by Gasteiger charge is -2.55. The first-order valence-corrected chi connectivity index (χ1v) is 12.9. The molecule has 3 fully saturated rings. The SMILES string of the molecule is CC(C)(C)OC(=O)N1C2CC1CN(c1nc3c(OC(F)(F)F)c(C(C)(O)C(F)(F)F)cc(-c4nccs4)c3o1)C2. The lowest BCUT2D eigenvalue weighted by atomic mass is 9.88. The summed E-state index contributed by atoms with van der Waals surface area (Å²) in [7, 11) is 0. The van der Waals surface area contributed by atoms with Crippen LogP contribution in [0.1, 0.15) is 39.7 Å². The highest BCUT2D eigenvalue weighted by atomic mass is 32.1. The van der Waals surface area contributed by atoms with Crippen molar-refractivity contribution in [3.05, 3.63) is 23.2 Å². The summed E-state index contributed by atoms with van der Waals surface area (Å²) in [6.07, 6.45) is -9.27. The second-order valence-electron chi connectivity index (χ2n) is 10.8. The monoisotopic (exact) mass is 594 g/mol. The van der Waals surface area contributed by atoms with E-state index in [4.69, 9.17) is 9.15 Å². The quantitative estimate of drug-likeness (QED) is 0.378. The van der Waals surface area contributed by atoms with Crippen molar-refractivity contribution in [1.29, 1.82) is 0 Å². The van der Waals surface area contributed by atoms with Crippen LogP contribution in [0.3, 0.4) is 0 Å². The zero-order valence-electron chi connectivity index (χ0n) is 21.6. The molecule has 1 amide bonds. The van der Waals surface area contributed by atoms with Crippen molar-refractivity contribution in [3.63, 3.8) is 0 Å². The predicted molar refractivity (Wildman–Crippen MR) is 130 cm³/mol. The number of aliphatic hydroxyl groups is 1. The molecule has 218 valence electrons.